The van der Waals surface area contributed by atoms with Gasteiger partial charge in [-0.15, -0.1) is 0 Å². The second kappa shape index (κ2) is 7.16. The molecule has 2 aromatic rings. The summed E-state index contributed by atoms with van der Waals surface area (Å²) in [7, 11) is 0. The van der Waals surface area contributed by atoms with E-state index in [9.17, 15) is 4.79 Å². The molecule has 0 spiro atoms. The van der Waals surface area contributed by atoms with Gasteiger partial charge in [0.05, 0.1) is 0 Å². The standard InChI is InChI=1S/C15H17N3O/c19-15(9-8-13-5-2-1-3-6-13)18-10-4-7-14-16-11-12-17-14/h1-3,5-6,8-9,11-12H,4,7,10H2,(H,16,17)(H,18,19). The number of H-pyrrole nitrogens is 1. The van der Waals surface area contributed by atoms with Crippen LogP contribution in [0.3, 0.4) is 0 Å². The maximum Gasteiger partial charge on any atom is 0.243 e. The highest BCUT2D eigenvalue weighted by Crippen LogP contribution is 2.00. The molecular formula is C15H17N3O. The zero-order valence-corrected chi connectivity index (χ0v) is 10.7. The van der Waals surface area contributed by atoms with Crippen LogP contribution in [0.25, 0.3) is 6.08 Å². The third-order valence-electron chi connectivity index (χ3n) is 2.67. The number of hydrogen-bond acceptors (Lipinski definition) is 2. The summed E-state index contributed by atoms with van der Waals surface area (Å²) in [5.74, 6) is 0.886. The van der Waals surface area contributed by atoms with E-state index in [1.807, 2.05) is 36.4 Å². The first-order chi connectivity index (χ1) is 9.34. The van der Waals surface area contributed by atoms with E-state index in [4.69, 9.17) is 0 Å². The van der Waals surface area contributed by atoms with Crippen molar-refractivity contribution >= 4 is 12.0 Å². The third-order valence-corrected chi connectivity index (χ3v) is 2.67. The number of benzene rings is 1. The second-order valence-corrected chi connectivity index (χ2v) is 4.17. The van der Waals surface area contributed by atoms with Gasteiger partial charge in [-0.05, 0) is 18.1 Å². The van der Waals surface area contributed by atoms with Crippen molar-refractivity contribution in [1.29, 1.82) is 0 Å². The van der Waals surface area contributed by atoms with Crippen molar-refractivity contribution in [3.8, 4) is 0 Å². The van der Waals surface area contributed by atoms with Crippen molar-refractivity contribution in [1.82, 2.24) is 15.3 Å². The summed E-state index contributed by atoms with van der Waals surface area (Å²) in [6, 6.07) is 9.76. The normalized spacial score (nSPS) is 10.7. The maximum absolute atomic E-state index is 11.6. The predicted molar refractivity (Wildman–Crippen MR) is 75.4 cm³/mol. The molecule has 0 unspecified atom stereocenters. The second-order valence-electron chi connectivity index (χ2n) is 4.17. The Labute approximate surface area is 112 Å². The molecule has 1 aromatic heterocycles. The monoisotopic (exact) mass is 255 g/mol. The molecule has 0 atom stereocenters. The van der Waals surface area contributed by atoms with E-state index in [0.717, 1.165) is 24.2 Å². The number of carbonyl (C=O) groups excluding carboxylic acids is 1. The minimum atomic E-state index is -0.0664. The summed E-state index contributed by atoms with van der Waals surface area (Å²) < 4.78 is 0. The molecule has 0 aliphatic rings. The van der Waals surface area contributed by atoms with Gasteiger partial charge in [-0.1, -0.05) is 30.3 Å². The molecule has 1 aromatic carbocycles. The van der Waals surface area contributed by atoms with Crippen LogP contribution < -0.4 is 5.32 Å². The van der Waals surface area contributed by atoms with E-state index < -0.39 is 0 Å². The van der Waals surface area contributed by atoms with Crippen LogP contribution in [0.2, 0.25) is 0 Å². The van der Waals surface area contributed by atoms with E-state index in [1.165, 1.54) is 0 Å². The summed E-state index contributed by atoms with van der Waals surface area (Å²) in [6.45, 7) is 0.651. The molecule has 1 amide bonds. The van der Waals surface area contributed by atoms with Crippen LogP contribution in [0.5, 0.6) is 0 Å². The first kappa shape index (κ1) is 13.1. The Balaban J connectivity index is 1.66. The Morgan fingerprint density at radius 2 is 2.16 bits per heavy atom. The molecule has 0 saturated heterocycles. The zero-order valence-electron chi connectivity index (χ0n) is 10.7. The van der Waals surface area contributed by atoms with Gasteiger partial charge in [0.1, 0.15) is 5.82 Å². The average molecular weight is 255 g/mol. The highest BCUT2D eigenvalue weighted by molar-refractivity contribution is 5.91. The van der Waals surface area contributed by atoms with Crippen molar-refractivity contribution in [3.63, 3.8) is 0 Å². The summed E-state index contributed by atoms with van der Waals surface area (Å²) in [5.41, 5.74) is 1.02. The number of imidazole rings is 1. The Hall–Kier alpha value is -2.36. The van der Waals surface area contributed by atoms with Crippen molar-refractivity contribution < 1.29 is 4.79 Å². The minimum Gasteiger partial charge on any atom is -0.353 e. The fourth-order valence-electron chi connectivity index (χ4n) is 1.70. The SMILES string of the molecule is O=C(C=Cc1ccccc1)NCCCc1ncc[nH]1. The van der Waals surface area contributed by atoms with Crippen LogP contribution in [0.15, 0.2) is 48.8 Å². The number of carbonyl (C=O) groups is 1. The maximum atomic E-state index is 11.6. The Bertz CT molecular complexity index is 518. The first-order valence-electron chi connectivity index (χ1n) is 6.34. The van der Waals surface area contributed by atoms with Crippen LogP contribution in [-0.4, -0.2) is 22.4 Å². The van der Waals surface area contributed by atoms with Gasteiger partial charge in [0.15, 0.2) is 0 Å². The zero-order chi connectivity index (χ0) is 13.3. The van der Waals surface area contributed by atoms with Crippen LogP contribution in [-0.2, 0) is 11.2 Å². The molecule has 98 valence electrons. The number of aromatic amines is 1. The average Bonchev–Trinajstić information content (AvgIpc) is 2.96. The summed E-state index contributed by atoms with van der Waals surface area (Å²) in [5, 5.41) is 2.85. The lowest BCUT2D eigenvalue weighted by atomic mass is 10.2. The Kier molecular flexibility index (Phi) is 4.93. The fourth-order valence-corrected chi connectivity index (χ4v) is 1.70. The smallest absolute Gasteiger partial charge is 0.243 e. The fraction of sp³-hybridized carbons (Fsp3) is 0.200. The van der Waals surface area contributed by atoms with Crippen molar-refractivity contribution in [3.05, 3.63) is 60.2 Å². The molecule has 0 radical (unpaired) electrons. The molecule has 19 heavy (non-hydrogen) atoms. The van der Waals surface area contributed by atoms with Crippen molar-refractivity contribution in [2.45, 2.75) is 12.8 Å². The van der Waals surface area contributed by atoms with Gasteiger partial charge in [-0.25, -0.2) is 4.98 Å². The molecule has 4 heteroatoms. The number of nitrogens with one attached hydrogen (secondary N) is 2. The van der Waals surface area contributed by atoms with Gasteiger partial charge in [-0.3, -0.25) is 4.79 Å². The van der Waals surface area contributed by atoms with Gasteiger partial charge >= 0.3 is 0 Å². The largest absolute Gasteiger partial charge is 0.353 e. The highest BCUT2D eigenvalue weighted by Gasteiger charge is 1.97. The molecule has 0 bridgehead atoms. The quantitative estimate of drug-likeness (QED) is 0.614. The lowest BCUT2D eigenvalue weighted by molar-refractivity contribution is -0.116. The lowest BCUT2D eigenvalue weighted by Crippen LogP contribution is -2.22. The minimum absolute atomic E-state index is 0.0664. The van der Waals surface area contributed by atoms with Gasteiger partial charge in [0.25, 0.3) is 0 Å². The van der Waals surface area contributed by atoms with Crippen LogP contribution >= 0.6 is 0 Å². The summed E-state index contributed by atoms with van der Waals surface area (Å²) in [6.07, 6.45) is 8.62. The summed E-state index contributed by atoms with van der Waals surface area (Å²) in [4.78, 5) is 18.7. The van der Waals surface area contributed by atoms with Crippen LogP contribution in [0, 0.1) is 0 Å². The van der Waals surface area contributed by atoms with Gasteiger partial charge in [0.2, 0.25) is 5.91 Å². The predicted octanol–water partition coefficient (Wildman–Crippen LogP) is 2.17. The van der Waals surface area contributed by atoms with Crippen molar-refractivity contribution in [2.75, 3.05) is 6.54 Å². The first-order valence-corrected chi connectivity index (χ1v) is 6.34. The molecule has 4 nitrogen and oxygen atoms in total. The number of hydrogen-bond donors (Lipinski definition) is 2. The molecule has 0 fully saturated rings. The van der Waals surface area contributed by atoms with E-state index in [1.54, 1.807) is 18.5 Å². The molecule has 0 saturated carbocycles. The molecule has 0 aliphatic heterocycles. The van der Waals surface area contributed by atoms with Gasteiger partial charge < -0.3 is 10.3 Å². The highest BCUT2D eigenvalue weighted by atomic mass is 16.1. The third kappa shape index (κ3) is 4.79. The van der Waals surface area contributed by atoms with E-state index >= 15 is 0 Å². The van der Waals surface area contributed by atoms with E-state index in [-0.39, 0.29) is 5.91 Å². The number of aromatic nitrogens is 2. The number of nitrogens with zero attached hydrogens (tertiary/aromatic N) is 1. The van der Waals surface area contributed by atoms with Crippen LogP contribution in [0.1, 0.15) is 17.8 Å². The van der Waals surface area contributed by atoms with Gasteiger partial charge in [0, 0.05) is 31.4 Å². The topological polar surface area (TPSA) is 57.8 Å². The van der Waals surface area contributed by atoms with Crippen LogP contribution in [0.4, 0.5) is 0 Å². The Morgan fingerprint density at radius 1 is 1.32 bits per heavy atom. The summed E-state index contributed by atoms with van der Waals surface area (Å²) >= 11 is 0. The van der Waals surface area contributed by atoms with Crippen molar-refractivity contribution in [2.24, 2.45) is 0 Å². The van der Waals surface area contributed by atoms with E-state index in [0.29, 0.717) is 6.54 Å². The molecule has 1 heterocycles. The molecular weight excluding hydrogens is 238 g/mol. The van der Waals surface area contributed by atoms with E-state index in [2.05, 4.69) is 15.3 Å². The molecule has 0 aliphatic carbocycles. The molecule has 2 rings (SSSR count). The number of rotatable bonds is 6. The number of amides is 1. The Morgan fingerprint density at radius 3 is 2.89 bits per heavy atom. The lowest BCUT2D eigenvalue weighted by Gasteiger charge is -2.00. The number of aryl methyl sites for hydroxylation is 1. The molecule has 2 N–H and O–H groups in total. The van der Waals surface area contributed by atoms with Gasteiger partial charge in [-0.2, -0.15) is 0 Å².